The van der Waals surface area contributed by atoms with Gasteiger partial charge in [-0.15, -0.1) is 0 Å². The summed E-state index contributed by atoms with van der Waals surface area (Å²) in [7, 11) is 2.12. The maximum absolute atomic E-state index is 12.5. The molecule has 0 aromatic rings. The predicted octanol–water partition coefficient (Wildman–Crippen LogP) is 0.132. The van der Waals surface area contributed by atoms with Gasteiger partial charge >= 0.3 is 6.03 Å². The lowest BCUT2D eigenvalue weighted by Crippen LogP contribution is -2.72. The molecule has 0 aromatic heterocycles. The highest BCUT2D eigenvalue weighted by molar-refractivity contribution is 5.76. The molecule has 5 heteroatoms. The largest absolute Gasteiger partial charge is 0.322 e. The van der Waals surface area contributed by atoms with Crippen molar-refractivity contribution in [1.29, 1.82) is 0 Å². The van der Waals surface area contributed by atoms with Gasteiger partial charge in [-0.05, 0) is 20.0 Å². The third kappa shape index (κ3) is 1.99. The number of piperazine rings is 2. The van der Waals surface area contributed by atoms with E-state index in [9.17, 15) is 4.79 Å². The topological polar surface area (TPSA) is 30.0 Å². The summed E-state index contributed by atoms with van der Waals surface area (Å²) in [6.45, 7) is 9.28. The highest BCUT2D eigenvalue weighted by Crippen LogP contribution is 2.33. The molecule has 4 aliphatic heterocycles. The molecule has 102 valence electrons. The summed E-state index contributed by atoms with van der Waals surface area (Å²) < 4.78 is 0. The molecular formula is C13H24N4O. The molecule has 0 saturated carbocycles. The lowest BCUT2D eigenvalue weighted by Gasteiger charge is -2.57. The van der Waals surface area contributed by atoms with Crippen molar-refractivity contribution in [2.75, 3.05) is 52.9 Å². The van der Waals surface area contributed by atoms with Gasteiger partial charge < -0.3 is 14.7 Å². The lowest BCUT2D eigenvalue weighted by molar-refractivity contribution is -0.0464. The Kier molecular flexibility index (Phi) is 3.20. The van der Waals surface area contributed by atoms with E-state index < -0.39 is 0 Å². The van der Waals surface area contributed by atoms with Crippen LogP contribution >= 0.6 is 0 Å². The van der Waals surface area contributed by atoms with Gasteiger partial charge in [-0.25, -0.2) is 4.79 Å². The average molecular weight is 252 g/mol. The highest BCUT2D eigenvalue weighted by Gasteiger charge is 2.48. The number of rotatable bonds is 1. The summed E-state index contributed by atoms with van der Waals surface area (Å²) in [5, 5.41) is 0. The van der Waals surface area contributed by atoms with Crippen LogP contribution in [0.2, 0.25) is 0 Å². The van der Waals surface area contributed by atoms with E-state index in [1.807, 2.05) is 4.90 Å². The molecule has 18 heavy (non-hydrogen) atoms. The van der Waals surface area contributed by atoms with Gasteiger partial charge in [0.05, 0.1) is 0 Å². The van der Waals surface area contributed by atoms with Crippen LogP contribution in [0.15, 0.2) is 0 Å². The van der Waals surface area contributed by atoms with Crippen LogP contribution < -0.4 is 0 Å². The average Bonchev–Trinajstić information content (AvgIpc) is 2.39. The standard InChI is InChI=1S/C13H24N4O/c1-3-15-9-11-8-12(10-15)17(11)13(18)16-6-4-14(2)5-7-16/h11-12H,3-10H2,1-2H3. The second-order valence-electron chi connectivity index (χ2n) is 5.88. The number of carbonyl (C=O) groups is 1. The number of carbonyl (C=O) groups excluding carboxylic acids is 1. The van der Waals surface area contributed by atoms with E-state index in [2.05, 4.69) is 28.7 Å². The van der Waals surface area contributed by atoms with Crippen LogP contribution in [0.3, 0.4) is 0 Å². The first-order valence-corrected chi connectivity index (χ1v) is 7.17. The Morgan fingerprint density at radius 1 is 1.11 bits per heavy atom. The van der Waals surface area contributed by atoms with Crippen LogP contribution in [0.1, 0.15) is 13.3 Å². The molecule has 2 unspecified atom stereocenters. The zero-order chi connectivity index (χ0) is 12.7. The van der Waals surface area contributed by atoms with Crippen LogP contribution in [0.5, 0.6) is 0 Å². The first-order valence-electron chi connectivity index (χ1n) is 7.17. The molecule has 4 aliphatic rings. The first-order chi connectivity index (χ1) is 8.69. The van der Waals surface area contributed by atoms with E-state index in [1.54, 1.807) is 0 Å². The Bertz CT molecular complexity index is 315. The number of fused-ring (bicyclic) bond motifs is 2. The molecule has 2 bridgehead atoms. The third-order valence-electron chi connectivity index (χ3n) is 4.71. The summed E-state index contributed by atoms with van der Waals surface area (Å²) in [5.74, 6) is 0. The smallest absolute Gasteiger partial charge is 0.320 e. The van der Waals surface area contributed by atoms with Crippen molar-refractivity contribution in [3.63, 3.8) is 0 Å². The Labute approximate surface area is 109 Å². The number of amides is 2. The van der Waals surface area contributed by atoms with E-state index in [0.717, 1.165) is 45.8 Å². The minimum atomic E-state index is 0.292. The van der Waals surface area contributed by atoms with Gasteiger partial charge in [0.1, 0.15) is 0 Å². The molecular weight excluding hydrogens is 228 g/mol. The molecule has 4 fully saturated rings. The van der Waals surface area contributed by atoms with E-state index in [0.29, 0.717) is 18.1 Å². The van der Waals surface area contributed by atoms with Gasteiger partial charge in [0.2, 0.25) is 0 Å². The molecule has 4 heterocycles. The number of urea groups is 1. The van der Waals surface area contributed by atoms with Crippen molar-refractivity contribution >= 4 is 6.03 Å². The number of likely N-dealkylation sites (N-methyl/N-ethyl adjacent to an activating group) is 2. The fourth-order valence-electron chi connectivity index (χ4n) is 3.43. The quantitative estimate of drug-likeness (QED) is 0.664. The number of hydrogen-bond donors (Lipinski definition) is 0. The summed E-state index contributed by atoms with van der Waals surface area (Å²) in [6.07, 6.45) is 1.22. The molecule has 0 aromatic carbocycles. The summed E-state index contributed by atoms with van der Waals surface area (Å²) >= 11 is 0. The van der Waals surface area contributed by atoms with Crippen molar-refractivity contribution in [3.8, 4) is 0 Å². The van der Waals surface area contributed by atoms with Gasteiger partial charge in [0.15, 0.2) is 0 Å². The highest BCUT2D eigenvalue weighted by atomic mass is 16.2. The van der Waals surface area contributed by atoms with Crippen LogP contribution in [0, 0.1) is 0 Å². The maximum atomic E-state index is 12.5. The third-order valence-corrected chi connectivity index (χ3v) is 4.71. The molecule has 2 amide bonds. The SMILES string of the molecule is CCN1CC2CC(C1)N2C(=O)N1CCN(C)CC1. The molecule has 5 nitrogen and oxygen atoms in total. The van der Waals surface area contributed by atoms with Crippen LogP contribution in [-0.2, 0) is 0 Å². The monoisotopic (exact) mass is 252 g/mol. The summed E-state index contributed by atoms with van der Waals surface area (Å²) in [5.41, 5.74) is 0. The minimum Gasteiger partial charge on any atom is -0.322 e. The Hall–Kier alpha value is -0.810. The van der Waals surface area contributed by atoms with Crippen molar-refractivity contribution in [3.05, 3.63) is 0 Å². The normalized spacial score (nSPS) is 33.4. The van der Waals surface area contributed by atoms with E-state index >= 15 is 0 Å². The summed E-state index contributed by atoms with van der Waals surface area (Å²) in [4.78, 5) is 21.5. The van der Waals surface area contributed by atoms with Gasteiger partial charge in [0, 0.05) is 51.4 Å². The number of piperidine rings is 1. The molecule has 0 spiro atoms. The fourth-order valence-corrected chi connectivity index (χ4v) is 3.43. The van der Waals surface area contributed by atoms with Crippen LogP contribution in [0.4, 0.5) is 4.79 Å². The first kappa shape index (κ1) is 12.2. The fraction of sp³-hybridized carbons (Fsp3) is 0.923. The van der Waals surface area contributed by atoms with E-state index in [1.165, 1.54) is 6.42 Å². The minimum absolute atomic E-state index is 0.292. The molecule has 4 rings (SSSR count). The second-order valence-corrected chi connectivity index (χ2v) is 5.88. The molecule has 0 aliphatic carbocycles. The summed E-state index contributed by atoms with van der Waals surface area (Å²) in [6, 6.07) is 1.26. The van der Waals surface area contributed by atoms with Crippen molar-refractivity contribution in [2.24, 2.45) is 0 Å². The lowest BCUT2D eigenvalue weighted by atomic mass is 9.88. The van der Waals surface area contributed by atoms with Crippen molar-refractivity contribution in [1.82, 2.24) is 19.6 Å². The van der Waals surface area contributed by atoms with Crippen molar-refractivity contribution in [2.45, 2.75) is 25.4 Å². The van der Waals surface area contributed by atoms with Crippen molar-refractivity contribution < 1.29 is 4.79 Å². The van der Waals surface area contributed by atoms with Gasteiger partial charge in [0.25, 0.3) is 0 Å². The number of hydrogen-bond acceptors (Lipinski definition) is 3. The zero-order valence-electron chi connectivity index (χ0n) is 11.5. The predicted molar refractivity (Wildman–Crippen MR) is 70.6 cm³/mol. The van der Waals surface area contributed by atoms with Gasteiger partial charge in [-0.3, -0.25) is 4.90 Å². The Balaban J connectivity index is 1.58. The van der Waals surface area contributed by atoms with Crippen LogP contribution in [-0.4, -0.2) is 90.6 Å². The van der Waals surface area contributed by atoms with Gasteiger partial charge in [-0.1, -0.05) is 6.92 Å². The Morgan fingerprint density at radius 3 is 2.28 bits per heavy atom. The Morgan fingerprint density at radius 2 is 1.72 bits per heavy atom. The molecule has 2 atom stereocenters. The van der Waals surface area contributed by atoms with E-state index in [-0.39, 0.29) is 0 Å². The molecule has 4 saturated heterocycles. The maximum Gasteiger partial charge on any atom is 0.320 e. The van der Waals surface area contributed by atoms with Gasteiger partial charge in [-0.2, -0.15) is 0 Å². The zero-order valence-corrected chi connectivity index (χ0v) is 11.5. The second kappa shape index (κ2) is 4.70. The van der Waals surface area contributed by atoms with Crippen LogP contribution in [0.25, 0.3) is 0 Å². The molecule has 0 radical (unpaired) electrons. The van der Waals surface area contributed by atoms with E-state index in [4.69, 9.17) is 0 Å². The number of nitrogens with zero attached hydrogens (tertiary/aromatic N) is 4. The molecule has 0 N–H and O–H groups in total.